The average Bonchev–Trinajstić information content (AvgIpc) is 3.42. The number of benzene rings is 1. The summed E-state index contributed by atoms with van der Waals surface area (Å²) in [6, 6.07) is 8.54. The Kier molecular flexibility index (Phi) is 4.90. The molecule has 2 fully saturated rings. The number of methoxy groups -OCH3 is 1. The van der Waals surface area contributed by atoms with Crippen molar-refractivity contribution in [2.75, 3.05) is 31.7 Å². The number of rotatable bonds is 6. The lowest BCUT2D eigenvalue weighted by Crippen LogP contribution is -2.36. The fourth-order valence-electron chi connectivity index (χ4n) is 3.92. The van der Waals surface area contributed by atoms with E-state index in [-0.39, 0.29) is 5.97 Å². The van der Waals surface area contributed by atoms with Gasteiger partial charge in [-0.2, -0.15) is 0 Å². The Labute approximate surface area is 154 Å². The van der Waals surface area contributed by atoms with E-state index >= 15 is 0 Å². The number of aromatic nitrogens is 1. The van der Waals surface area contributed by atoms with Crippen LogP contribution in [0.2, 0.25) is 0 Å². The molecule has 5 nitrogen and oxygen atoms in total. The van der Waals surface area contributed by atoms with E-state index in [9.17, 15) is 4.79 Å². The van der Waals surface area contributed by atoms with E-state index in [2.05, 4.69) is 27.7 Å². The van der Waals surface area contributed by atoms with Gasteiger partial charge >= 0.3 is 5.97 Å². The number of piperidine rings is 1. The second kappa shape index (κ2) is 7.31. The SMILES string of the molecule is CCOC(=O)c1cc2ccc(N3CCC(OC)CC3)cc2n1CC1CC1. The third-order valence-corrected chi connectivity index (χ3v) is 5.65. The summed E-state index contributed by atoms with van der Waals surface area (Å²) >= 11 is 0. The number of ether oxygens (including phenoxy) is 2. The van der Waals surface area contributed by atoms with E-state index in [1.54, 1.807) is 7.11 Å². The van der Waals surface area contributed by atoms with Gasteiger partial charge in [0.15, 0.2) is 0 Å². The van der Waals surface area contributed by atoms with E-state index in [0.717, 1.165) is 43.4 Å². The van der Waals surface area contributed by atoms with E-state index < -0.39 is 0 Å². The summed E-state index contributed by atoms with van der Waals surface area (Å²) in [5, 5.41) is 1.12. The summed E-state index contributed by atoms with van der Waals surface area (Å²) in [4.78, 5) is 14.8. The third-order valence-electron chi connectivity index (χ3n) is 5.65. The van der Waals surface area contributed by atoms with Gasteiger partial charge < -0.3 is 18.9 Å². The molecule has 2 heterocycles. The van der Waals surface area contributed by atoms with Crippen molar-refractivity contribution in [3.8, 4) is 0 Å². The Balaban J connectivity index is 1.66. The molecule has 0 radical (unpaired) electrons. The molecule has 0 amide bonds. The number of nitrogens with zero attached hydrogens (tertiary/aromatic N) is 2. The largest absolute Gasteiger partial charge is 0.461 e. The highest BCUT2D eigenvalue weighted by molar-refractivity contribution is 5.96. The Bertz CT molecular complexity index is 786. The monoisotopic (exact) mass is 356 g/mol. The maximum atomic E-state index is 12.4. The molecule has 1 saturated heterocycles. The van der Waals surface area contributed by atoms with Crippen LogP contribution in [0.3, 0.4) is 0 Å². The normalized spacial score (nSPS) is 18.5. The van der Waals surface area contributed by atoms with Gasteiger partial charge in [0.05, 0.1) is 18.2 Å². The molecule has 0 atom stereocenters. The highest BCUT2D eigenvalue weighted by Crippen LogP contribution is 2.34. The minimum Gasteiger partial charge on any atom is -0.461 e. The van der Waals surface area contributed by atoms with Gasteiger partial charge in [0.2, 0.25) is 0 Å². The molecule has 1 aromatic carbocycles. The van der Waals surface area contributed by atoms with Crippen LogP contribution in [0.4, 0.5) is 5.69 Å². The fraction of sp³-hybridized carbons (Fsp3) is 0.571. The van der Waals surface area contributed by atoms with Crippen molar-refractivity contribution in [1.82, 2.24) is 4.57 Å². The summed E-state index contributed by atoms with van der Waals surface area (Å²) in [6.45, 7) is 5.19. The molecule has 0 N–H and O–H groups in total. The predicted octanol–water partition coefficient (Wildman–Crippen LogP) is 3.84. The first-order chi connectivity index (χ1) is 12.7. The number of carbonyl (C=O) groups excluding carboxylic acids is 1. The minimum atomic E-state index is -0.216. The number of carbonyl (C=O) groups is 1. The Hall–Kier alpha value is -2.01. The van der Waals surface area contributed by atoms with Crippen LogP contribution in [-0.2, 0) is 16.0 Å². The molecule has 1 aliphatic heterocycles. The van der Waals surface area contributed by atoms with Gasteiger partial charge in [0.25, 0.3) is 0 Å². The van der Waals surface area contributed by atoms with Gasteiger partial charge in [-0.05, 0) is 56.7 Å². The van der Waals surface area contributed by atoms with Crippen LogP contribution in [0.25, 0.3) is 10.9 Å². The van der Waals surface area contributed by atoms with Crippen LogP contribution in [-0.4, -0.2) is 43.4 Å². The van der Waals surface area contributed by atoms with E-state index in [4.69, 9.17) is 9.47 Å². The summed E-state index contributed by atoms with van der Waals surface area (Å²) in [7, 11) is 1.80. The van der Waals surface area contributed by atoms with Crippen LogP contribution in [0, 0.1) is 5.92 Å². The molecule has 140 valence electrons. The zero-order valence-electron chi connectivity index (χ0n) is 15.7. The van der Waals surface area contributed by atoms with Crippen LogP contribution in [0.1, 0.15) is 43.1 Å². The standard InChI is InChI=1S/C21H28N2O3/c1-3-26-21(24)20-12-16-6-7-17(22-10-8-18(25-2)9-11-22)13-19(16)23(20)14-15-4-5-15/h6-7,12-13,15,18H,3-5,8-11,14H2,1-2H3. The van der Waals surface area contributed by atoms with E-state index in [1.165, 1.54) is 18.5 Å². The maximum absolute atomic E-state index is 12.4. The molecule has 1 aromatic heterocycles. The third kappa shape index (κ3) is 3.45. The first kappa shape index (κ1) is 17.4. The maximum Gasteiger partial charge on any atom is 0.354 e. The molecule has 2 aromatic rings. The Morgan fingerprint density at radius 1 is 1.15 bits per heavy atom. The number of hydrogen-bond donors (Lipinski definition) is 0. The zero-order valence-corrected chi connectivity index (χ0v) is 15.7. The van der Waals surface area contributed by atoms with Crippen LogP contribution in [0.15, 0.2) is 24.3 Å². The van der Waals surface area contributed by atoms with Crippen molar-refractivity contribution < 1.29 is 14.3 Å². The molecular formula is C21H28N2O3. The molecule has 4 rings (SSSR count). The van der Waals surface area contributed by atoms with Crippen LogP contribution >= 0.6 is 0 Å². The average molecular weight is 356 g/mol. The summed E-state index contributed by atoms with van der Waals surface area (Å²) < 4.78 is 12.9. The van der Waals surface area contributed by atoms with Gasteiger partial charge in [-0.1, -0.05) is 6.07 Å². The molecular weight excluding hydrogens is 328 g/mol. The molecule has 0 spiro atoms. The number of hydrogen-bond acceptors (Lipinski definition) is 4. The Morgan fingerprint density at radius 2 is 1.92 bits per heavy atom. The molecule has 1 aliphatic carbocycles. The first-order valence-corrected chi connectivity index (χ1v) is 9.77. The van der Waals surface area contributed by atoms with Crippen molar-refractivity contribution in [2.24, 2.45) is 5.92 Å². The van der Waals surface area contributed by atoms with Crippen molar-refractivity contribution in [3.63, 3.8) is 0 Å². The van der Waals surface area contributed by atoms with E-state index in [0.29, 0.717) is 24.3 Å². The molecule has 2 aliphatic rings. The topological polar surface area (TPSA) is 43.7 Å². The minimum absolute atomic E-state index is 0.216. The van der Waals surface area contributed by atoms with E-state index in [1.807, 2.05) is 13.0 Å². The molecule has 0 bridgehead atoms. The summed E-state index contributed by atoms with van der Waals surface area (Å²) in [6.07, 6.45) is 5.01. The number of esters is 1. The first-order valence-electron chi connectivity index (χ1n) is 9.77. The number of anilines is 1. The Morgan fingerprint density at radius 3 is 2.58 bits per heavy atom. The van der Waals surface area contributed by atoms with Gasteiger partial charge in [-0.15, -0.1) is 0 Å². The van der Waals surface area contributed by atoms with Crippen molar-refractivity contribution in [2.45, 2.75) is 45.3 Å². The van der Waals surface area contributed by atoms with Crippen LogP contribution in [0.5, 0.6) is 0 Å². The fourth-order valence-corrected chi connectivity index (χ4v) is 3.92. The van der Waals surface area contributed by atoms with Crippen LogP contribution < -0.4 is 4.90 Å². The summed E-state index contributed by atoms with van der Waals surface area (Å²) in [5.41, 5.74) is 3.06. The van der Waals surface area contributed by atoms with Crippen molar-refractivity contribution >= 4 is 22.6 Å². The highest BCUT2D eigenvalue weighted by Gasteiger charge is 2.26. The molecule has 0 unspecified atom stereocenters. The lowest BCUT2D eigenvalue weighted by atomic mass is 10.1. The lowest BCUT2D eigenvalue weighted by Gasteiger charge is -2.33. The smallest absolute Gasteiger partial charge is 0.354 e. The van der Waals surface area contributed by atoms with Crippen molar-refractivity contribution in [3.05, 3.63) is 30.0 Å². The quantitative estimate of drug-likeness (QED) is 0.738. The molecule has 26 heavy (non-hydrogen) atoms. The van der Waals surface area contributed by atoms with Gasteiger partial charge in [0.1, 0.15) is 5.69 Å². The number of fused-ring (bicyclic) bond motifs is 1. The molecule has 1 saturated carbocycles. The zero-order chi connectivity index (χ0) is 18.1. The predicted molar refractivity (Wildman–Crippen MR) is 103 cm³/mol. The highest BCUT2D eigenvalue weighted by atomic mass is 16.5. The second-order valence-corrected chi connectivity index (χ2v) is 7.47. The van der Waals surface area contributed by atoms with Crippen molar-refractivity contribution in [1.29, 1.82) is 0 Å². The second-order valence-electron chi connectivity index (χ2n) is 7.47. The van der Waals surface area contributed by atoms with Gasteiger partial charge in [0, 0.05) is 37.8 Å². The van der Waals surface area contributed by atoms with Gasteiger partial charge in [-0.3, -0.25) is 0 Å². The molecule has 5 heteroatoms. The van der Waals surface area contributed by atoms with Gasteiger partial charge in [-0.25, -0.2) is 4.79 Å². The summed E-state index contributed by atoms with van der Waals surface area (Å²) in [5.74, 6) is 0.478. The lowest BCUT2D eigenvalue weighted by molar-refractivity contribution is 0.0514.